The monoisotopic (exact) mass is 287 g/mol. The van der Waals surface area contributed by atoms with E-state index in [2.05, 4.69) is 15.0 Å². The van der Waals surface area contributed by atoms with Crippen LogP contribution in [0.4, 0.5) is 4.79 Å². The molecule has 0 bridgehead atoms. The Morgan fingerprint density at radius 1 is 1.38 bits per heavy atom. The molecule has 6 heteroatoms. The predicted octanol–water partition coefficient (Wildman–Crippen LogP) is 1.74. The quantitative estimate of drug-likeness (QED) is 0.883. The lowest BCUT2D eigenvalue weighted by molar-refractivity contribution is 0.0788. The average molecular weight is 287 g/mol. The van der Waals surface area contributed by atoms with E-state index in [0.717, 1.165) is 17.3 Å². The summed E-state index contributed by atoms with van der Waals surface area (Å²) >= 11 is 0. The van der Waals surface area contributed by atoms with E-state index in [4.69, 9.17) is 0 Å². The minimum Gasteiger partial charge on any atom is -0.453 e. The van der Waals surface area contributed by atoms with Crippen molar-refractivity contribution in [1.82, 2.24) is 15.2 Å². The van der Waals surface area contributed by atoms with Gasteiger partial charge in [0, 0.05) is 35.8 Å². The highest BCUT2D eigenvalue weighted by Crippen LogP contribution is 2.18. The Balaban J connectivity index is 1.69. The number of ether oxygens (including phenoxy) is 1. The van der Waals surface area contributed by atoms with Crippen molar-refractivity contribution in [2.75, 3.05) is 20.2 Å². The number of alkyl carbamates (subject to hydrolysis) is 1. The summed E-state index contributed by atoms with van der Waals surface area (Å²) in [6.07, 6.45) is 2.14. The summed E-state index contributed by atoms with van der Waals surface area (Å²) in [6.45, 7) is 1.15. The fourth-order valence-corrected chi connectivity index (χ4v) is 2.66. The van der Waals surface area contributed by atoms with Crippen LogP contribution in [0.25, 0.3) is 10.9 Å². The summed E-state index contributed by atoms with van der Waals surface area (Å²) in [6, 6.07) is 7.51. The molecule has 0 spiro atoms. The standard InChI is InChI=1S/C15H17N3O3/c1-21-15(20)17-12-5-7-18(9-12)14(19)11-2-3-13-10(8-11)4-6-16-13/h2-4,6,8,12,16H,5,7,9H2,1H3,(H,17,20). The Morgan fingerprint density at radius 2 is 2.24 bits per heavy atom. The Hall–Kier alpha value is -2.50. The zero-order valence-corrected chi connectivity index (χ0v) is 11.8. The molecule has 1 aliphatic rings. The summed E-state index contributed by atoms with van der Waals surface area (Å²) in [7, 11) is 1.33. The third-order valence-corrected chi connectivity index (χ3v) is 3.78. The lowest BCUT2D eigenvalue weighted by Gasteiger charge is -2.17. The number of H-pyrrole nitrogens is 1. The first-order chi connectivity index (χ1) is 10.2. The Morgan fingerprint density at radius 3 is 3.05 bits per heavy atom. The van der Waals surface area contributed by atoms with Gasteiger partial charge in [0.05, 0.1) is 13.2 Å². The number of hydrogen-bond donors (Lipinski definition) is 2. The van der Waals surface area contributed by atoms with E-state index in [1.807, 2.05) is 30.5 Å². The van der Waals surface area contributed by atoms with E-state index in [1.165, 1.54) is 7.11 Å². The number of rotatable bonds is 2. The second-order valence-corrected chi connectivity index (χ2v) is 5.15. The van der Waals surface area contributed by atoms with E-state index >= 15 is 0 Å². The zero-order chi connectivity index (χ0) is 14.8. The number of likely N-dealkylation sites (tertiary alicyclic amines) is 1. The lowest BCUT2D eigenvalue weighted by atomic mass is 10.1. The number of nitrogens with zero attached hydrogens (tertiary/aromatic N) is 1. The van der Waals surface area contributed by atoms with Gasteiger partial charge in [0.2, 0.25) is 0 Å². The van der Waals surface area contributed by atoms with Crippen LogP contribution in [0.15, 0.2) is 30.5 Å². The van der Waals surface area contributed by atoms with Gasteiger partial charge in [-0.15, -0.1) is 0 Å². The number of methoxy groups -OCH3 is 1. The normalized spacial score (nSPS) is 18.0. The number of aromatic nitrogens is 1. The molecule has 110 valence electrons. The molecule has 1 fully saturated rings. The van der Waals surface area contributed by atoms with Crippen molar-refractivity contribution in [3.8, 4) is 0 Å². The number of fused-ring (bicyclic) bond motifs is 1. The fourth-order valence-electron chi connectivity index (χ4n) is 2.66. The van der Waals surface area contributed by atoms with Gasteiger partial charge in [-0.05, 0) is 30.7 Å². The van der Waals surface area contributed by atoms with Crippen molar-refractivity contribution in [2.24, 2.45) is 0 Å². The van der Waals surface area contributed by atoms with Gasteiger partial charge >= 0.3 is 6.09 Å². The molecule has 6 nitrogen and oxygen atoms in total. The maximum atomic E-state index is 12.5. The molecule has 1 saturated heterocycles. The summed E-state index contributed by atoms with van der Waals surface area (Å²) in [4.78, 5) is 28.5. The number of carbonyl (C=O) groups excluding carboxylic acids is 2. The van der Waals surface area contributed by atoms with Gasteiger partial charge in [0.25, 0.3) is 5.91 Å². The van der Waals surface area contributed by atoms with Crippen LogP contribution in [0.5, 0.6) is 0 Å². The van der Waals surface area contributed by atoms with Gasteiger partial charge in [0.1, 0.15) is 0 Å². The molecule has 1 aromatic carbocycles. The van der Waals surface area contributed by atoms with Gasteiger partial charge in [-0.25, -0.2) is 4.79 Å². The summed E-state index contributed by atoms with van der Waals surface area (Å²) in [5.74, 6) is -0.00716. The molecule has 1 unspecified atom stereocenters. The molecular weight excluding hydrogens is 270 g/mol. The largest absolute Gasteiger partial charge is 0.453 e. The first kappa shape index (κ1) is 13.5. The average Bonchev–Trinajstić information content (AvgIpc) is 3.14. The van der Waals surface area contributed by atoms with Crippen LogP contribution in [0, 0.1) is 0 Å². The third-order valence-electron chi connectivity index (χ3n) is 3.78. The molecule has 2 N–H and O–H groups in total. The van der Waals surface area contributed by atoms with Gasteiger partial charge in [-0.1, -0.05) is 0 Å². The van der Waals surface area contributed by atoms with Crippen molar-refractivity contribution in [3.05, 3.63) is 36.0 Å². The lowest BCUT2D eigenvalue weighted by Crippen LogP contribution is -2.38. The fraction of sp³-hybridized carbons (Fsp3) is 0.333. The molecule has 2 aromatic rings. The van der Waals surface area contributed by atoms with Crippen LogP contribution in [-0.4, -0.2) is 48.1 Å². The van der Waals surface area contributed by atoms with E-state index < -0.39 is 6.09 Å². The highest BCUT2D eigenvalue weighted by Gasteiger charge is 2.28. The molecule has 1 atom stereocenters. The molecule has 1 aromatic heterocycles. The van der Waals surface area contributed by atoms with E-state index in [0.29, 0.717) is 18.7 Å². The first-order valence-corrected chi connectivity index (χ1v) is 6.88. The molecule has 21 heavy (non-hydrogen) atoms. The molecule has 1 aliphatic heterocycles. The van der Waals surface area contributed by atoms with Crippen LogP contribution in [0.2, 0.25) is 0 Å². The van der Waals surface area contributed by atoms with Gasteiger partial charge < -0.3 is 19.9 Å². The van der Waals surface area contributed by atoms with Crippen LogP contribution >= 0.6 is 0 Å². The highest BCUT2D eigenvalue weighted by atomic mass is 16.5. The molecule has 0 radical (unpaired) electrons. The molecule has 3 rings (SSSR count). The van der Waals surface area contributed by atoms with Gasteiger partial charge in [0.15, 0.2) is 0 Å². The Labute approximate surface area is 122 Å². The second-order valence-electron chi connectivity index (χ2n) is 5.15. The molecule has 0 saturated carbocycles. The minimum absolute atomic E-state index is 0.00716. The third kappa shape index (κ3) is 2.69. The van der Waals surface area contributed by atoms with Crippen LogP contribution in [0.1, 0.15) is 16.8 Å². The molecule has 2 amide bonds. The predicted molar refractivity (Wildman–Crippen MR) is 78.1 cm³/mol. The van der Waals surface area contributed by atoms with Crippen LogP contribution in [-0.2, 0) is 4.74 Å². The first-order valence-electron chi connectivity index (χ1n) is 6.88. The number of hydrogen-bond acceptors (Lipinski definition) is 3. The van der Waals surface area contributed by atoms with E-state index in [-0.39, 0.29) is 11.9 Å². The van der Waals surface area contributed by atoms with Crippen LogP contribution in [0.3, 0.4) is 0 Å². The summed E-state index contributed by atoms with van der Waals surface area (Å²) in [5.41, 5.74) is 1.68. The van der Waals surface area contributed by atoms with Gasteiger partial charge in [-0.2, -0.15) is 0 Å². The summed E-state index contributed by atoms with van der Waals surface area (Å²) < 4.78 is 4.57. The molecule has 0 aliphatic carbocycles. The number of nitrogens with one attached hydrogen (secondary N) is 2. The maximum absolute atomic E-state index is 12.5. The Kier molecular flexibility index (Phi) is 3.51. The number of benzene rings is 1. The second kappa shape index (κ2) is 5.47. The molecular formula is C15H17N3O3. The number of aromatic amines is 1. The summed E-state index contributed by atoms with van der Waals surface area (Å²) in [5, 5.41) is 3.75. The van der Waals surface area contributed by atoms with E-state index in [9.17, 15) is 9.59 Å². The van der Waals surface area contributed by atoms with Crippen molar-refractivity contribution in [1.29, 1.82) is 0 Å². The molecule has 2 heterocycles. The topological polar surface area (TPSA) is 74.4 Å². The van der Waals surface area contributed by atoms with Crippen molar-refractivity contribution < 1.29 is 14.3 Å². The smallest absolute Gasteiger partial charge is 0.407 e. The van der Waals surface area contributed by atoms with Crippen molar-refractivity contribution in [2.45, 2.75) is 12.5 Å². The van der Waals surface area contributed by atoms with E-state index in [1.54, 1.807) is 4.90 Å². The van der Waals surface area contributed by atoms with Crippen molar-refractivity contribution >= 4 is 22.9 Å². The SMILES string of the molecule is COC(=O)NC1CCN(C(=O)c2ccc3[nH]ccc3c2)C1. The minimum atomic E-state index is -0.456. The Bertz CT molecular complexity index is 680. The van der Waals surface area contributed by atoms with Gasteiger partial charge in [-0.3, -0.25) is 4.79 Å². The van der Waals surface area contributed by atoms with Crippen LogP contribution < -0.4 is 5.32 Å². The maximum Gasteiger partial charge on any atom is 0.407 e. The number of carbonyl (C=O) groups is 2. The zero-order valence-electron chi connectivity index (χ0n) is 11.8. The van der Waals surface area contributed by atoms with Crippen molar-refractivity contribution in [3.63, 3.8) is 0 Å². The highest BCUT2D eigenvalue weighted by molar-refractivity contribution is 5.98. The number of amides is 2.